The van der Waals surface area contributed by atoms with Crippen LogP contribution in [0.2, 0.25) is 0 Å². The van der Waals surface area contributed by atoms with Crippen LogP contribution < -0.4 is 0 Å². The number of aromatic nitrogens is 1. The number of carbonyl (C=O) groups excluding carboxylic acids is 2. The highest BCUT2D eigenvalue weighted by molar-refractivity contribution is 5.86. The van der Waals surface area contributed by atoms with Gasteiger partial charge in [0.1, 0.15) is 18.1 Å². The summed E-state index contributed by atoms with van der Waals surface area (Å²) in [6.45, 7) is 2.15. The minimum absolute atomic E-state index is 0.0697. The first-order valence-electron chi connectivity index (χ1n) is 9.17. The van der Waals surface area contributed by atoms with Crippen molar-refractivity contribution in [3.63, 3.8) is 0 Å². The van der Waals surface area contributed by atoms with E-state index in [1.807, 2.05) is 36.1 Å². The maximum atomic E-state index is 13.2. The fourth-order valence-corrected chi connectivity index (χ4v) is 3.60. The topological polar surface area (TPSA) is 75.9 Å². The first-order chi connectivity index (χ1) is 13.0. The Morgan fingerprint density at radius 2 is 2.15 bits per heavy atom. The summed E-state index contributed by atoms with van der Waals surface area (Å²) < 4.78 is 11.3. The van der Waals surface area contributed by atoms with E-state index in [0.717, 1.165) is 24.2 Å². The fourth-order valence-electron chi connectivity index (χ4n) is 3.60. The molecule has 1 aliphatic carbocycles. The van der Waals surface area contributed by atoms with Crippen LogP contribution in [0.4, 0.5) is 0 Å². The standard InChI is InChI=1S/C20H23N3O4/c1-13-5-8-16(27-13)11-22(2)20(25)19-18(14-4-3-9-21-10-14)23(15-6-7-15)17(24)12-26-19/h3-5,8-10,15,18-19H,6-7,11-12H2,1-2H3/t18-,19+/m1/s1. The van der Waals surface area contributed by atoms with Gasteiger partial charge in [-0.05, 0) is 43.5 Å². The fraction of sp³-hybridized carbons (Fsp3) is 0.450. The molecule has 2 aliphatic rings. The summed E-state index contributed by atoms with van der Waals surface area (Å²) in [5, 5.41) is 0. The predicted octanol–water partition coefficient (Wildman–Crippen LogP) is 2.07. The predicted molar refractivity (Wildman–Crippen MR) is 96.5 cm³/mol. The number of aryl methyl sites for hydroxylation is 1. The third-order valence-corrected chi connectivity index (χ3v) is 5.04. The molecule has 4 rings (SSSR count). The molecule has 142 valence electrons. The Morgan fingerprint density at radius 1 is 1.33 bits per heavy atom. The number of hydrogen-bond donors (Lipinski definition) is 0. The summed E-state index contributed by atoms with van der Waals surface area (Å²) in [6.07, 6.45) is 4.56. The number of morpholine rings is 1. The molecule has 1 aliphatic heterocycles. The molecule has 2 aromatic heterocycles. The molecule has 27 heavy (non-hydrogen) atoms. The number of nitrogens with zero attached hydrogens (tertiary/aromatic N) is 3. The van der Waals surface area contributed by atoms with Crippen molar-refractivity contribution in [3.8, 4) is 0 Å². The lowest BCUT2D eigenvalue weighted by atomic mass is 9.98. The molecule has 0 aromatic carbocycles. The van der Waals surface area contributed by atoms with Gasteiger partial charge in [0.15, 0.2) is 6.10 Å². The number of amides is 2. The van der Waals surface area contributed by atoms with Crippen molar-refractivity contribution in [2.45, 2.75) is 44.5 Å². The van der Waals surface area contributed by atoms with Crippen LogP contribution in [-0.4, -0.2) is 52.4 Å². The Hall–Kier alpha value is -2.67. The van der Waals surface area contributed by atoms with Gasteiger partial charge in [0.25, 0.3) is 5.91 Å². The molecule has 7 nitrogen and oxygen atoms in total. The lowest BCUT2D eigenvalue weighted by Gasteiger charge is -2.41. The number of hydrogen-bond acceptors (Lipinski definition) is 5. The van der Waals surface area contributed by atoms with E-state index >= 15 is 0 Å². The van der Waals surface area contributed by atoms with Gasteiger partial charge >= 0.3 is 0 Å². The maximum Gasteiger partial charge on any atom is 0.254 e. The Labute approximate surface area is 157 Å². The summed E-state index contributed by atoms with van der Waals surface area (Å²) in [4.78, 5) is 33.3. The van der Waals surface area contributed by atoms with Gasteiger partial charge < -0.3 is 19.0 Å². The van der Waals surface area contributed by atoms with Crippen molar-refractivity contribution in [2.75, 3.05) is 13.7 Å². The van der Waals surface area contributed by atoms with E-state index in [0.29, 0.717) is 12.3 Å². The first-order valence-corrected chi connectivity index (χ1v) is 9.17. The Bertz CT molecular complexity index is 831. The van der Waals surface area contributed by atoms with E-state index < -0.39 is 12.1 Å². The van der Waals surface area contributed by atoms with Crippen molar-refractivity contribution in [3.05, 3.63) is 53.7 Å². The largest absolute Gasteiger partial charge is 0.464 e. The molecule has 2 fully saturated rings. The zero-order valence-corrected chi connectivity index (χ0v) is 15.5. The molecule has 0 N–H and O–H groups in total. The van der Waals surface area contributed by atoms with Crippen LogP contribution in [-0.2, 0) is 20.9 Å². The minimum Gasteiger partial charge on any atom is -0.464 e. The Balaban J connectivity index is 1.60. The smallest absolute Gasteiger partial charge is 0.254 e. The van der Waals surface area contributed by atoms with Gasteiger partial charge in [-0.25, -0.2) is 0 Å². The zero-order chi connectivity index (χ0) is 19.0. The highest BCUT2D eigenvalue weighted by Crippen LogP contribution is 2.39. The van der Waals surface area contributed by atoms with E-state index in [1.54, 1.807) is 24.3 Å². The van der Waals surface area contributed by atoms with Gasteiger partial charge in [-0.15, -0.1) is 0 Å². The van der Waals surface area contributed by atoms with E-state index in [4.69, 9.17) is 9.15 Å². The number of furan rings is 1. The van der Waals surface area contributed by atoms with E-state index in [2.05, 4.69) is 4.98 Å². The molecule has 1 saturated heterocycles. The monoisotopic (exact) mass is 369 g/mol. The highest BCUT2D eigenvalue weighted by Gasteiger charge is 2.48. The lowest BCUT2D eigenvalue weighted by Crippen LogP contribution is -2.55. The molecule has 0 unspecified atom stereocenters. The number of pyridine rings is 1. The lowest BCUT2D eigenvalue weighted by molar-refractivity contribution is -0.170. The van der Waals surface area contributed by atoms with Gasteiger partial charge in [0.2, 0.25) is 5.91 Å². The number of likely N-dealkylation sites (N-methyl/N-ethyl adjacent to an activating group) is 1. The SMILES string of the molecule is Cc1ccc(CN(C)C(=O)[C@H]2OCC(=O)N(C3CC3)[C@@H]2c2cccnc2)o1. The molecular formula is C20H23N3O4. The van der Waals surface area contributed by atoms with Crippen molar-refractivity contribution in [1.29, 1.82) is 0 Å². The average molecular weight is 369 g/mol. The van der Waals surface area contributed by atoms with Crippen LogP contribution in [0.25, 0.3) is 0 Å². The number of carbonyl (C=O) groups is 2. The molecule has 2 amide bonds. The zero-order valence-electron chi connectivity index (χ0n) is 15.5. The second-order valence-corrected chi connectivity index (χ2v) is 7.20. The number of ether oxygens (including phenoxy) is 1. The molecule has 2 aromatic rings. The summed E-state index contributed by atoms with van der Waals surface area (Å²) in [5.74, 6) is 1.28. The Kier molecular flexibility index (Phi) is 4.70. The molecule has 0 radical (unpaired) electrons. The number of rotatable bonds is 5. The van der Waals surface area contributed by atoms with Crippen molar-refractivity contribution in [2.24, 2.45) is 0 Å². The first kappa shape index (κ1) is 17.7. The molecule has 0 spiro atoms. The maximum absolute atomic E-state index is 13.2. The van der Waals surface area contributed by atoms with E-state index in [1.165, 1.54) is 0 Å². The highest BCUT2D eigenvalue weighted by atomic mass is 16.5. The van der Waals surface area contributed by atoms with Gasteiger partial charge in [-0.2, -0.15) is 0 Å². The molecular weight excluding hydrogens is 346 g/mol. The molecule has 1 saturated carbocycles. The summed E-state index contributed by atoms with van der Waals surface area (Å²) in [5.41, 5.74) is 0.818. The summed E-state index contributed by atoms with van der Waals surface area (Å²) in [7, 11) is 1.72. The molecule has 2 atom stereocenters. The Morgan fingerprint density at radius 3 is 2.78 bits per heavy atom. The molecule has 7 heteroatoms. The van der Waals surface area contributed by atoms with E-state index in [-0.39, 0.29) is 24.5 Å². The van der Waals surface area contributed by atoms with Gasteiger partial charge in [0, 0.05) is 25.5 Å². The average Bonchev–Trinajstić information content (AvgIpc) is 3.43. The summed E-state index contributed by atoms with van der Waals surface area (Å²) >= 11 is 0. The van der Waals surface area contributed by atoms with Crippen LogP contribution in [0.3, 0.4) is 0 Å². The quantitative estimate of drug-likeness (QED) is 0.806. The van der Waals surface area contributed by atoms with E-state index in [9.17, 15) is 9.59 Å². The molecule has 3 heterocycles. The van der Waals surface area contributed by atoms with Gasteiger partial charge in [0.05, 0.1) is 12.6 Å². The van der Waals surface area contributed by atoms with Crippen molar-refractivity contribution in [1.82, 2.24) is 14.8 Å². The second kappa shape index (κ2) is 7.15. The summed E-state index contributed by atoms with van der Waals surface area (Å²) in [6, 6.07) is 7.17. The third kappa shape index (κ3) is 3.60. The second-order valence-electron chi connectivity index (χ2n) is 7.20. The van der Waals surface area contributed by atoms with Gasteiger partial charge in [-0.1, -0.05) is 6.07 Å². The van der Waals surface area contributed by atoms with Crippen LogP contribution in [0.1, 0.15) is 36.0 Å². The van der Waals surface area contributed by atoms with Crippen LogP contribution >= 0.6 is 0 Å². The normalized spacial score (nSPS) is 22.7. The minimum atomic E-state index is -0.756. The van der Waals surface area contributed by atoms with Crippen LogP contribution in [0, 0.1) is 6.92 Å². The van der Waals surface area contributed by atoms with Crippen LogP contribution in [0.5, 0.6) is 0 Å². The van der Waals surface area contributed by atoms with Crippen molar-refractivity contribution >= 4 is 11.8 Å². The molecule has 0 bridgehead atoms. The van der Waals surface area contributed by atoms with Crippen LogP contribution in [0.15, 0.2) is 41.1 Å². The van der Waals surface area contributed by atoms with Gasteiger partial charge in [-0.3, -0.25) is 14.6 Å². The third-order valence-electron chi connectivity index (χ3n) is 5.04. The van der Waals surface area contributed by atoms with Crippen molar-refractivity contribution < 1.29 is 18.7 Å².